The Bertz CT molecular complexity index is 628. The van der Waals surface area contributed by atoms with Crippen molar-refractivity contribution < 1.29 is 19.4 Å². The van der Waals surface area contributed by atoms with Crippen LogP contribution in [0.15, 0.2) is 24.3 Å². The van der Waals surface area contributed by atoms with Crippen molar-refractivity contribution >= 4 is 17.7 Å². The van der Waals surface area contributed by atoms with Crippen LogP contribution in [0.3, 0.4) is 0 Å². The van der Waals surface area contributed by atoms with Crippen LogP contribution in [0.4, 0.5) is 10.5 Å². The molecule has 0 aromatic heterocycles. The predicted octanol–water partition coefficient (Wildman–Crippen LogP) is 3.89. The molecule has 2 N–H and O–H groups in total. The molecule has 0 atom stereocenters. The molecule has 0 unspecified atom stereocenters. The smallest absolute Gasteiger partial charge is 0.412 e. The van der Waals surface area contributed by atoms with E-state index in [-0.39, 0.29) is 6.42 Å². The van der Waals surface area contributed by atoms with E-state index in [0.717, 1.165) is 5.56 Å². The lowest BCUT2D eigenvalue weighted by molar-refractivity contribution is -0.138. The van der Waals surface area contributed by atoms with E-state index in [9.17, 15) is 9.59 Å². The van der Waals surface area contributed by atoms with E-state index in [1.807, 2.05) is 0 Å². The number of nitrogens with one attached hydrogen (secondary N) is 1. The molecule has 0 saturated carbocycles. The molecule has 1 aromatic carbocycles. The second-order valence-electron chi connectivity index (χ2n) is 6.91. The Kier molecular flexibility index (Phi) is 5.80. The van der Waals surface area contributed by atoms with Gasteiger partial charge in [-0.15, -0.1) is 0 Å². The molecule has 0 aliphatic carbocycles. The number of benzene rings is 1. The zero-order chi connectivity index (χ0) is 17.7. The summed E-state index contributed by atoms with van der Waals surface area (Å²) in [4.78, 5) is 22.4. The second-order valence-corrected chi connectivity index (χ2v) is 6.91. The van der Waals surface area contributed by atoms with Crippen LogP contribution in [0, 0.1) is 17.3 Å². The molecule has 0 fully saturated rings. The summed E-state index contributed by atoms with van der Waals surface area (Å²) in [6.45, 7) is 8.96. The van der Waals surface area contributed by atoms with Gasteiger partial charge in [-0.25, -0.2) is 4.79 Å². The summed E-state index contributed by atoms with van der Waals surface area (Å²) >= 11 is 0. The Morgan fingerprint density at radius 2 is 1.70 bits per heavy atom. The van der Waals surface area contributed by atoms with Gasteiger partial charge in [0.1, 0.15) is 5.60 Å². The summed E-state index contributed by atoms with van der Waals surface area (Å²) in [5, 5.41) is 11.5. The average Bonchev–Trinajstić information content (AvgIpc) is 2.34. The van der Waals surface area contributed by atoms with Crippen molar-refractivity contribution in [1.82, 2.24) is 0 Å². The van der Waals surface area contributed by atoms with Gasteiger partial charge in [0, 0.05) is 16.7 Å². The Morgan fingerprint density at radius 1 is 1.13 bits per heavy atom. The van der Waals surface area contributed by atoms with E-state index in [1.54, 1.807) is 58.9 Å². The number of aliphatic carboxylic acids is 1. The maximum absolute atomic E-state index is 11.7. The first-order valence-electron chi connectivity index (χ1n) is 7.32. The first kappa shape index (κ1) is 18.6. The predicted molar refractivity (Wildman–Crippen MR) is 89.2 cm³/mol. The zero-order valence-electron chi connectivity index (χ0n) is 14.2. The van der Waals surface area contributed by atoms with Crippen molar-refractivity contribution in [3.05, 3.63) is 29.8 Å². The third-order valence-electron chi connectivity index (χ3n) is 2.67. The van der Waals surface area contributed by atoms with Crippen molar-refractivity contribution in [2.45, 2.75) is 46.6 Å². The Hall–Kier alpha value is -2.48. The highest BCUT2D eigenvalue weighted by atomic mass is 16.6. The van der Waals surface area contributed by atoms with Gasteiger partial charge in [-0.05, 0) is 58.9 Å². The van der Waals surface area contributed by atoms with Gasteiger partial charge in [0.05, 0.1) is 6.42 Å². The molecule has 1 aromatic rings. The SMILES string of the molecule is CC(C)(C#Cc1ccc(NC(=O)OC(C)(C)C)cc1)CC(=O)O. The van der Waals surface area contributed by atoms with Crippen LogP contribution in [0.2, 0.25) is 0 Å². The van der Waals surface area contributed by atoms with Crippen LogP contribution >= 0.6 is 0 Å². The minimum Gasteiger partial charge on any atom is -0.481 e. The maximum atomic E-state index is 11.7. The second kappa shape index (κ2) is 7.19. The lowest BCUT2D eigenvalue weighted by atomic mass is 9.90. The molecule has 1 rings (SSSR count). The van der Waals surface area contributed by atoms with Crippen LogP contribution in [-0.2, 0) is 9.53 Å². The van der Waals surface area contributed by atoms with Crippen molar-refractivity contribution in [2.24, 2.45) is 5.41 Å². The number of carboxylic acid groups (broad SMARTS) is 1. The van der Waals surface area contributed by atoms with Crippen LogP contribution in [0.1, 0.15) is 46.6 Å². The molecule has 0 saturated heterocycles. The summed E-state index contributed by atoms with van der Waals surface area (Å²) in [6.07, 6.45) is -0.530. The lowest BCUT2D eigenvalue weighted by Crippen LogP contribution is -2.27. The van der Waals surface area contributed by atoms with Gasteiger partial charge >= 0.3 is 12.1 Å². The van der Waals surface area contributed by atoms with Crippen molar-refractivity contribution in [2.75, 3.05) is 5.32 Å². The van der Waals surface area contributed by atoms with E-state index in [1.165, 1.54) is 0 Å². The van der Waals surface area contributed by atoms with Crippen molar-refractivity contribution in [3.63, 3.8) is 0 Å². The lowest BCUT2D eigenvalue weighted by Gasteiger charge is -2.19. The molecule has 0 spiro atoms. The normalized spacial score (nSPS) is 11.2. The number of amides is 1. The van der Waals surface area contributed by atoms with Crippen LogP contribution in [0.5, 0.6) is 0 Å². The average molecular weight is 317 g/mol. The van der Waals surface area contributed by atoms with E-state index in [4.69, 9.17) is 9.84 Å². The van der Waals surface area contributed by atoms with E-state index in [2.05, 4.69) is 17.2 Å². The van der Waals surface area contributed by atoms with Gasteiger partial charge in [-0.2, -0.15) is 0 Å². The van der Waals surface area contributed by atoms with Crippen molar-refractivity contribution in [3.8, 4) is 11.8 Å². The summed E-state index contributed by atoms with van der Waals surface area (Å²) in [6, 6.07) is 6.96. The number of hydrogen-bond donors (Lipinski definition) is 2. The summed E-state index contributed by atoms with van der Waals surface area (Å²) in [5.41, 5.74) is 0.206. The third-order valence-corrected chi connectivity index (χ3v) is 2.67. The third kappa shape index (κ3) is 7.91. The van der Waals surface area contributed by atoms with Crippen LogP contribution in [0.25, 0.3) is 0 Å². The summed E-state index contributed by atoms with van der Waals surface area (Å²) < 4.78 is 5.17. The highest BCUT2D eigenvalue weighted by molar-refractivity contribution is 5.84. The number of carboxylic acids is 1. The number of hydrogen-bond acceptors (Lipinski definition) is 3. The molecule has 0 aliphatic rings. The zero-order valence-corrected chi connectivity index (χ0v) is 14.2. The molecular weight excluding hydrogens is 294 g/mol. The fraction of sp³-hybridized carbons (Fsp3) is 0.444. The molecular formula is C18H23NO4. The van der Waals surface area contributed by atoms with Crippen LogP contribution < -0.4 is 5.32 Å². The fourth-order valence-electron chi connectivity index (χ4n) is 1.72. The van der Waals surface area contributed by atoms with Crippen LogP contribution in [-0.4, -0.2) is 22.8 Å². The molecule has 23 heavy (non-hydrogen) atoms. The Morgan fingerprint density at radius 3 is 2.17 bits per heavy atom. The minimum absolute atomic E-state index is 0.0156. The number of carbonyl (C=O) groups excluding carboxylic acids is 1. The molecule has 0 bridgehead atoms. The topological polar surface area (TPSA) is 75.6 Å². The standard InChI is InChI=1S/C18H23NO4/c1-17(2,3)23-16(22)19-14-8-6-13(7-9-14)10-11-18(4,5)12-15(20)21/h6-9H,12H2,1-5H3,(H,19,22)(H,20,21). The molecule has 0 aliphatic heterocycles. The Balaban J connectivity index is 2.71. The monoisotopic (exact) mass is 317 g/mol. The summed E-state index contributed by atoms with van der Waals surface area (Å²) in [7, 11) is 0. The first-order chi connectivity index (χ1) is 10.5. The molecule has 0 radical (unpaired) electrons. The maximum Gasteiger partial charge on any atom is 0.412 e. The number of rotatable bonds is 3. The largest absolute Gasteiger partial charge is 0.481 e. The van der Waals surface area contributed by atoms with Gasteiger partial charge in [0.15, 0.2) is 0 Å². The Labute approximate surface area is 137 Å². The van der Waals surface area contributed by atoms with E-state index in [0.29, 0.717) is 5.69 Å². The quantitative estimate of drug-likeness (QED) is 0.829. The first-order valence-corrected chi connectivity index (χ1v) is 7.32. The van der Waals surface area contributed by atoms with E-state index < -0.39 is 23.1 Å². The number of carbonyl (C=O) groups is 2. The minimum atomic E-state index is -0.874. The molecule has 1 amide bonds. The molecule has 5 heteroatoms. The highest BCUT2D eigenvalue weighted by Gasteiger charge is 2.18. The van der Waals surface area contributed by atoms with Crippen molar-refractivity contribution in [1.29, 1.82) is 0 Å². The summed E-state index contributed by atoms with van der Waals surface area (Å²) in [5.74, 6) is 5.03. The van der Waals surface area contributed by atoms with Gasteiger partial charge in [-0.3, -0.25) is 10.1 Å². The van der Waals surface area contributed by atoms with Gasteiger partial charge in [0.2, 0.25) is 0 Å². The van der Waals surface area contributed by atoms with E-state index >= 15 is 0 Å². The van der Waals surface area contributed by atoms with Gasteiger partial charge in [-0.1, -0.05) is 11.8 Å². The molecule has 0 heterocycles. The van der Waals surface area contributed by atoms with Gasteiger partial charge < -0.3 is 9.84 Å². The number of anilines is 1. The molecule has 5 nitrogen and oxygen atoms in total. The van der Waals surface area contributed by atoms with Gasteiger partial charge in [0.25, 0.3) is 0 Å². The molecule has 124 valence electrons. The number of ether oxygens (including phenoxy) is 1. The highest BCUT2D eigenvalue weighted by Crippen LogP contribution is 2.19. The fourth-order valence-corrected chi connectivity index (χ4v) is 1.72.